The van der Waals surface area contributed by atoms with E-state index in [0.29, 0.717) is 17.0 Å². The molecule has 1 fully saturated rings. The molecule has 4 nitrogen and oxygen atoms in total. The molecular formula is C17H17NO3. The Morgan fingerprint density at radius 3 is 2.71 bits per heavy atom. The number of fused-ring (bicyclic) bond motifs is 3. The van der Waals surface area contributed by atoms with E-state index in [2.05, 4.69) is 26.0 Å². The molecule has 0 saturated heterocycles. The van der Waals surface area contributed by atoms with E-state index in [1.807, 2.05) is 6.07 Å². The smallest absolute Gasteiger partial charge is 0.407 e. The first-order chi connectivity index (χ1) is 10.00. The molecule has 108 valence electrons. The minimum atomic E-state index is -0.578. The number of para-hydroxylation sites is 2. The van der Waals surface area contributed by atoms with Crippen LogP contribution in [0.25, 0.3) is 11.1 Å². The van der Waals surface area contributed by atoms with E-state index >= 15 is 0 Å². The zero-order chi connectivity index (χ0) is 14.8. The first kappa shape index (κ1) is 12.6. The summed E-state index contributed by atoms with van der Waals surface area (Å²) in [6.45, 7) is 4.40. The number of aromatic nitrogens is 1. The standard InChI is InChI=1S/C17H17NO3/c1-17(2)10-7-8-12(17)11(9-10)15(19)18-13-5-3-4-6-14(13)21-16(18)20/h3-8,10-12H,9H2,1-2H3/t10-,11+,12-/m0/s1. The van der Waals surface area contributed by atoms with Gasteiger partial charge in [0.25, 0.3) is 0 Å². The highest BCUT2D eigenvalue weighted by Gasteiger charge is 2.53. The summed E-state index contributed by atoms with van der Waals surface area (Å²) in [4.78, 5) is 25.0. The monoisotopic (exact) mass is 283 g/mol. The molecule has 1 aromatic carbocycles. The summed E-state index contributed by atoms with van der Waals surface area (Å²) in [5.41, 5.74) is 1.13. The van der Waals surface area contributed by atoms with E-state index in [1.165, 1.54) is 4.57 Å². The van der Waals surface area contributed by atoms with Crippen molar-refractivity contribution in [2.24, 2.45) is 23.2 Å². The second kappa shape index (κ2) is 3.97. The van der Waals surface area contributed by atoms with E-state index in [1.54, 1.807) is 18.2 Å². The topological polar surface area (TPSA) is 52.2 Å². The van der Waals surface area contributed by atoms with Crippen LogP contribution in [-0.4, -0.2) is 10.5 Å². The van der Waals surface area contributed by atoms with Crippen molar-refractivity contribution in [2.75, 3.05) is 0 Å². The van der Waals surface area contributed by atoms with E-state index < -0.39 is 5.76 Å². The van der Waals surface area contributed by atoms with Crippen LogP contribution in [0, 0.1) is 23.2 Å². The molecule has 0 N–H and O–H groups in total. The Hall–Kier alpha value is -2.10. The van der Waals surface area contributed by atoms with Crippen LogP contribution >= 0.6 is 0 Å². The van der Waals surface area contributed by atoms with E-state index in [0.717, 1.165) is 6.42 Å². The Morgan fingerprint density at radius 2 is 2.05 bits per heavy atom. The molecule has 4 rings (SSSR count). The third-order valence-corrected chi connectivity index (χ3v) is 5.33. The summed E-state index contributed by atoms with van der Waals surface area (Å²) in [6.07, 6.45) is 5.17. The lowest BCUT2D eigenvalue weighted by Crippen LogP contribution is -2.32. The number of nitrogens with zero attached hydrogens (tertiary/aromatic N) is 1. The molecular weight excluding hydrogens is 266 g/mol. The molecule has 0 aliphatic heterocycles. The van der Waals surface area contributed by atoms with Crippen LogP contribution in [-0.2, 0) is 0 Å². The molecule has 0 unspecified atom stereocenters. The molecule has 4 heteroatoms. The summed E-state index contributed by atoms with van der Waals surface area (Å²) >= 11 is 0. The SMILES string of the molecule is CC1(C)[C@H]2C=C[C@H]1[C@H](C(=O)n1c(=O)oc3ccccc31)C2. The highest BCUT2D eigenvalue weighted by atomic mass is 16.4. The quantitative estimate of drug-likeness (QED) is 0.756. The Balaban J connectivity index is 1.81. The van der Waals surface area contributed by atoms with Gasteiger partial charge in [0.05, 0.1) is 5.52 Å². The summed E-state index contributed by atoms with van der Waals surface area (Å²) in [7, 11) is 0. The third kappa shape index (κ3) is 1.56. The van der Waals surface area contributed by atoms with Crippen molar-refractivity contribution in [3.8, 4) is 0 Å². The highest BCUT2D eigenvalue weighted by molar-refractivity contribution is 5.91. The molecule has 2 aliphatic carbocycles. The average Bonchev–Trinajstić information content (AvgIpc) is 3.03. The van der Waals surface area contributed by atoms with Crippen molar-refractivity contribution in [1.82, 2.24) is 4.57 Å². The van der Waals surface area contributed by atoms with Gasteiger partial charge >= 0.3 is 5.76 Å². The molecule has 1 aromatic heterocycles. The largest absolute Gasteiger partial charge is 0.426 e. The molecule has 1 saturated carbocycles. The summed E-state index contributed by atoms with van der Waals surface area (Å²) in [6, 6.07) is 7.08. The fraction of sp³-hybridized carbons (Fsp3) is 0.412. The van der Waals surface area contributed by atoms with Crippen LogP contribution in [0.2, 0.25) is 0 Å². The van der Waals surface area contributed by atoms with Crippen molar-refractivity contribution >= 4 is 17.0 Å². The maximum Gasteiger partial charge on any atom is 0.426 e. The van der Waals surface area contributed by atoms with Crippen LogP contribution in [0.5, 0.6) is 0 Å². The van der Waals surface area contributed by atoms with Gasteiger partial charge in [0, 0.05) is 5.92 Å². The third-order valence-electron chi connectivity index (χ3n) is 5.33. The van der Waals surface area contributed by atoms with Gasteiger partial charge in [0.1, 0.15) is 0 Å². The number of allylic oxidation sites excluding steroid dienone is 2. The van der Waals surface area contributed by atoms with E-state index in [9.17, 15) is 9.59 Å². The molecule has 3 atom stereocenters. The molecule has 0 spiro atoms. The zero-order valence-corrected chi connectivity index (χ0v) is 12.1. The molecule has 2 aromatic rings. The second-order valence-corrected chi connectivity index (χ2v) is 6.69. The van der Waals surface area contributed by atoms with Crippen LogP contribution in [0.1, 0.15) is 25.1 Å². The number of oxazole rings is 1. The van der Waals surface area contributed by atoms with Crippen molar-refractivity contribution < 1.29 is 9.21 Å². The highest BCUT2D eigenvalue weighted by Crippen LogP contribution is 2.56. The molecule has 0 amide bonds. The lowest BCUT2D eigenvalue weighted by molar-refractivity contribution is 0.0793. The number of carbonyl (C=O) groups excluding carboxylic acids is 1. The number of rotatable bonds is 1. The van der Waals surface area contributed by atoms with Crippen molar-refractivity contribution in [1.29, 1.82) is 0 Å². The second-order valence-electron chi connectivity index (χ2n) is 6.69. The predicted molar refractivity (Wildman–Crippen MR) is 79.1 cm³/mol. The van der Waals surface area contributed by atoms with Crippen LogP contribution in [0.4, 0.5) is 0 Å². The van der Waals surface area contributed by atoms with Gasteiger partial charge < -0.3 is 4.42 Å². The fourth-order valence-electron chi connectivity index (χ4n) is 4.05. The number of benzene rings is 1. The molecule has 2 bridgehead atoms. The normalized spacial score (nSPS) is 29.3. The minimum absolute atomic E-state index is 0.101. The van der Waals surface area contributed by atoms with Gasteiger partial charge in [-0.3, -0.25) is 4.79 Å². The van der Waals surface area contributed by atoms with Crippen LogP contribution in [0.3, 0.4) is 0 Å². The van der Waals surface area contributed by atoms with Crippen LogP contribution in [0.15, 0.2) is 45.6 Å². The van der Waals surface area contributed by atoms with Gasteiger partial charge in [-0.05, 0) is 35.8 Å². The average molecular weight is 283 g/mol. The van der Waals surface area contributed by atoms with Gasteiger partial charge in [0.2, 0.25) is 5.91 Å². The number of hydrogen-bond donors (Lipinski definition) is 0. The predicted octanol–water partition coefficient (Wildman–Crippen LogP) is 3.08. The van der Waals surface area contributed by atoms with Gasteiger partial charge in [-0.15, -0.1) is 0 Å². The number of hydrogen-bond acceptors (Lipinski definition) is 3. The maximum absolute atomic E-state index is 12.9. The van der Waals surface area contributed by atoms with Crippen molar-refractivity contribution in [2.45, 2.75) is 20.3 Å². The summed E-state index contributed by atoms with van der Waals surface area (Å²) < 4.78 is 6.39. The lowest BCUT2D eigenvalue weighted by atomic mass is 9.79. The van der Waals surface area contributed by atoms with Crippen molar-refractivity contribution in [3.05, 3.63) is 47.0 Å². The zero-order valence-electron chi connectivity index (χ0n) is 12.1. The minimum Gasteiger partial charge on any atom is -0.407 e. The molecule has 0 radical (unpaired) electrons. The Bertz CT molecular complexity index is 824. The fourth-order valence-corrected chi connectivity index (χ4v) is 4.05. The molecule has 1 heterocycles. The van der Waals surface area contributed by atoms with Gasteiger partial charge in [-0.2, -0.15) is 0 Å². The number of carbonyl (C=O) groups is 1. The first-order valence-corrected chi connectivity index (χ1v) is 7.33. The Kier molecular flexibility index (Phi) is 2.39. The molecule has 21 heavy (non-hydrogen) atoms. The Morgan fingerprint density at radius 1 is 1.29 bits per heavy atom. The van der Waals surface area contributed by atoms with Crippen LogP contribution < -0.4 is 5.76 Å². The summed E-state index contributed by atoms with van der Waals surface area (Å²) in [5.74, 6) is -0.213. The maximum atomic E-state index is 12.9. The van der Waals surface area contributed by atoms with E-state index in [-0.39, 0.29) is 23.2 Å². The Labute approximate surface area is 122 Å². The van der Waals surface area contributed by atoms with Gasteiger partial charge in [-0.1, -0.05) is 38.1 Å². The van der Waals surface area contributed by atoms with E-state index in [4.69, 9.17) is 4.42 Å². The van der Waals surface area contributed by atoms with Crippen molar-refractivity contribution in [3.63, 3.8) is 0 Å². The van der Waals surface area contributed by atoms with Gasteiger partial charge in [-0.25, -0.2) is 9.36 Å². The van der Waals surface area contributed by atoms with Gasteiger partial charge in [0.15, 0.2) is 5.58 Å². The lowest BCUT2D eigenvalue weighted by Gasteiger charge is -2.25. The summed E-state index contributed by atoms with van der Waals surface area (Å²) in [5, 5.41) is 0. The molecule has 2 aliphatic rings. The first-order valence-electron chi connectivity index (χ1n) is 7.33.